The predicted molar refractivity (Wildman–Crippen MR) is 291 cm³/mol. The van der Waals surface area contributed by atoms with E-state index in [1.165, 1.54) is 54.8 Å². The van der Waals surface area contributed by atoms with Crippen molar-refractivity contribution in [3.8, 4) is 0 Å². The van der Waals surface area contributed by atoms with E-state index in [0.29, 0.717) is 30.6 Å². The zero-order valence-corrected chi connectivity index (χ0v) is 50.2. The number of fused-ring (bicyclic) bond motifs is 9. The molecule has 1 aliphatic heterocycles. The summed E-state index contributed by atoms with van der Waals surface area (Å²) in [5, 5.41) is 10.6. The van der Waals surface area contributed by atoms with Crippen molar-refractivity contribution in [1.82, 2.24) is 0 Å². The smallest absolute Gasteiger partial charge is 0.312 e. The standard InChI is InChI=1S/C16H26O3.C14H26O2.C12H20O4.C12H18.C9H18O2/c1-4-14(2,3)13(17)19-16-8-11-5-12(9-16)7-15(18,6-11)10-16;1-6-13(4,5)12(15)16-14(11(2)3)9-7-8-10-14;1-6-11(3,4)10(14)16-12(5)7-9(13)15-8(12)2;1-2-8-5-7(1)11-9-3-4-10(6-9)12(8)11;1-6-9(4,5)8(10)11-7(2)3/h11-12,18H,4-10H2,1-3H3;11H,6-10H2,1-5H3;8H,6-7H2,1-5H3;7-12H,1-6H2;7H,6H2,1-5H3. The van der Waals surface area contributed by atoms with Gasteiger partial charge in [0.1, 0.15) is 17.3 Å². The summed E-state index contributed by atoms with van der Waals surface area (Å²) in [6.45, 7) is 34.8. The zero-order valence-electron chi connectivity index (χ0n) is 50.2. The molecule has 1 saturated heterocycles. The molecule has 9 aliphatic carbocycles. The van der Waals surface area contributed by atoms with Crippen molar-refractivity contribution in [1.29, 1.82) is 0 Å². The average molecular weight is 1040 g/mol. The predicted octanol–water partition coefficient (Wildman–Crippen LogP) is 14.5. The van der Waals surface area contributed by atoms with Gasteiger partial charge in [-0.15, -0.1) is 0 Å². The van der Waals surface area contributed by atoms with Gasteiger partial charge in [-0.3, -0.25) is 24.0 Å². The minimum atomic E-state index is -0.819. The number of carbonyl (C=O) groups excluding carboxylic acids is 5. The van der Waals surface area contributed by atoms with Gasteiger partial charge in [0, 0.05) is 6.42 Å². The van der Waals surface area contributed by atoms with Crippen LogP contribution in [-0.4, -0.2) is 69.6 Å². The van der Waals surface area contributed by atoms with Crippen LogP contribution >= 0.6 is 0 Å². The van der Waals surface area contributed by atoms with E-state index in [2.05, 4.69) is 13.8 Å². The summed E-state index contributed by atoms with van der Waals surface area (Å²) in [5.41, 5.74) is -3.51. The molecule has 10 aliphatic rings. The highest BCUT2D eigenvalue weighted by atomic mass is 16.6. The SMILES string of the molecule is C1CC2CC1C1C3CCC(C3)C21.CCC(C)(C)C(=O)OC(C)C.CCC(C)(C)C(=O)OC1(C(C)C)CCCC1.CCC(C)(C)C(=O)OC1(C)CC(=O)OC1C.CCC(C)(C)C(=O)OC12CC3CC(CC(O)(C3)C1)C2. The van der Waals surface area contributed by atoms with Gasteiger partial charge in [-0.25, -0.2) is 0 Å². The van der Waals surface area contributed by atoms with Crippen LogP contribution in [0.1, 0.15) is 259 Å². The topological polar surface area (TPSA) is 152 Å². The lowest BCUT2D eigenvalue weighted by molar-refractivity contribution is -0.225. The summed E-state index contributed by atoms with van der Waals surface area (Å²) in [6.07, 6.45) is 22.7. The van der Waals surface area contributed by atoms with E-state index in [0.717, 1.165) is 57.8 Å². The van der Waals surface area contributed by atoms with Gasteiger partial charge in [-0.1, -0.05) is 41.5 Å². The summed E-state index contributed by atoms with van der Waals surface area (Å²) in [5.74, 6) is 8.04. The normalized spacial score (nSPS) is 34.7. The molecule has 0 spiro atoms. The Kier molecular flexibility index (Phi) is 19.9. The van der Waals surface area contributed by atoms with E-state index < -0.39 is 22.0 Å². The fraction of sp³-hybridized carbons (Fsp3) is 0.921. The first-order chi connectivity index (χ1) is 34.1. The summed E-state index contributed by atoms with van der Waals surface area (Å²) in [6, 6.07) is 0. The van der Waals surface area contributed by atoms with Crippen LogP contribution in [0.2, 0.25) is 0 Å². The molecule has 11 heteroatoms. The summed E-state index contributed by atoms with van der Waals surface area (Å²) in [7, 11) is 0. The number of carbonyl (C=O) groups is 5. The van der Waals surface area contributed by atoms with Crippen molar-refractivity contribution in [3.05, 3.63) is 0 Å². The molecule has 0 amide bonds. The van der Waals surface area contributed by atoms with Gasteiger partial charge in [0.15, 0.2) is 5.60 Å². The highest BCUT2D eigenvalue weighted by Crippen LogP contribution is 2.67. The maximum Gasteiger partial charge on any atom is 0.312 e. The molecule has 0 aromatic carbocycles. The van der Waals surface area contributed by atoms with Gasteiger partial charge in [-0.2, -0.15) is 0 Å². The minimum Gasteiger partial charge on any atom is -0.463 e. The van der Waals surface area contributed by atoms with Crippen molar-refractivity contribution >= 4 is 29.8 Å². The molecule has 1 N–H and O–H groups in total. The van der Waals surface area contributed by atoms with E-state index in [4.69, 9.17) is 23.7 Å². The van der Waals surface area contributed by atoms with Crippen molar-refractivity contribution in [2.24, 2.45) is 74.9 Å². The molecule has 74 heavy (non-hydrogen) atoms. The van der Waals surface area contributed by atoms with E-state index in [-0.39, 0.29) is 70.5 Å². The monoisotopic (exact) mass is 1040 g/mol. The fourth-order valence-corrected chi connectivity index (χ4v) is 14.4. The second-order valence-corrected chi connectivity index (χ2v) is 28.8. The highest BCUT2D eigenvalue weighted by molar-refractivity contribution is 5.79. The van der Waals surface area contributed by atoms with Crippen LogP contribution in [0.5, 0.6) is 0 Å². The van der Waals surface area contributed by atoms with Crippen LogP contribution in [0.25, 0.3) is 0 Å². The summed E-state index contributed by atoms with van der Waals surface area (Å²) >= 11 is 0. The molecule has 10 rings (SSSR count). The highest BCUT2D eigenvalue weighted by Gasteiger charge is 2.61. The van der Waals surface area contributed by atoms with Crippen molar-refractivity contribution in [2.45, 2.75) is 294 Å². The van der Waals surface area contributed by atoms with Crippen molar-refractivity contribution < 1.29 is 52.8 Å². The molecule has 0 aromatic heterocycles. The summed E-state index contributed by atoms with van der Waals surface area (Å²) < 4.78 is 27.4. The molecule has 0 aromatic rings. The first-order valence-corrected chi connectivity index (χ1v) is 30.0. The molecular weight excluding hydrogens is 933 g/mol. The lowest BCUT2D eigenvalue weighted by atomic mass is 9.52. The largest absolute Gasteiger partial charge is 0.463 e. The maximum absolute atomic E-state index is 12.4. The Morgan fingerprint density at radius 1 is 0.608 bits per heavy atom. The fourth-order valence-electron chi connectivity index (χ4n) is 14.4. The number of ether oxygens (including phenoxy) is 5. The third-order valence-corrected chi connectivity index (χ3v) is 20.8. The number of esters is 5. The molecule has 11 nitrogen and oxygen atoms in total. The molecule has 9 saturated carbocycles. The van der Waals surface area contributed by atoms with Gasteiger partial charge < -0.3 is 28.8 Å². The number of hydrogen-bond acceptors (Lipinski definition) is 11. The van der Waals surface area contributed by atoms with Crippen LogP contribution < -0.4 is 0 Å². The lowest BCUT2D eigenvalue weighted by Gasteiger charge is -2.59. The third kappa shape index (κ3) is 14.3. The first-order valence-electron chi connectivity index (χ1n) is 30.0. The molecule has 8 bridgehead atoms. The van der Waals surface area contributed by atoms with Crippen LogP contribution in [0, 0.1) is 74.9 Å². The van der Waals surface area contributed by atoms with Gasteiger partial charge in [0.2, 0.25) is 0 Å². The summed E-state index contributed by atoms with van der Waals surface area (Å²) in [4.78, 5) is 58.9. The van der Waals surface area contributed by atoms with Gasteiger partial charge in [0.25, 0.3) is 0 Å². The van der Waals surface area contributed by atoms with Crippen molar-refractivity contribution in [2.75, 3.05) is 0 Å². The number of hydrogen-bond donors (Lipinski definition) is 1. The second-order valence-electron chi connectivity index (χ2n) is 28.8. The molecule has 1 heterocycles. The molecule has 426 valence electrons. The van der Waals surface area contributed by atoms with Crippen LogP contribution in [0.4, 0.5) is 0 Å². The van der Waals surface area contributed by atoms with E-state index in [1.807, 2.05) is 96.9 Å². The van der Waals surface area contributed by atoms with Crippen molar-refractivity contribution in [3.63, 3.8) is 0 Å². The molecular formula is C63H108O11. The maximum atomic E-state index is 12.4. The Balaban J connectivity index is 0.000000173. The Labute approximate surface area is 450 Å². The molecule has 8 atom stereocenters. The molecule has 8 unspecified atom stereocenters. The first kappa shape index (κ1) is 62.2. The van der Waals surface area contributed by atoms with Gasteiger partial charge >= 0.3 is 29.8 Å². The average Bonchev–Trinajstić information content (AvgIpc) is 4.19. The Morgan fingerprint density at radius 3 is 1.35 bits per heavy atom. The lowest BCUT2D eigenvalue weighted by Crippen LogP contribution is -2.61. The molecule has 0 radical (unpaired) electrons. The second kappa shape index (κ2) is 23.7. The Hall–Kier alpha value is -2.69. The number of aliphatic hydroxyl groups is 1. The quantitative estimate of drug-likeness (QED) is 0.107. The Bertz CT molecular complexity index is 1880. The third-order valence-electron chi connectivity index (χ3n) is 20.8. The van der Waals surface area contributed by atoms with E-state index in [9.17, 15) is 29.1 Å². The minimum absolute atomic E-state index is 0.00618. The van der Waals surface area contributed by atoms with Gasteiger partial charge in [-0.05, 0) is 258 Å². The zero-order chi connectivity index (χ0) is 55.6. The number of rotatable bonds is 13. The van der Waals surface area contributed by atoms with Crippen LogP contribution in [-0.2, 0) is 47.7 Å². The van der Waals surface area contributed by atoms with Gasteiger partial charge in [0.05, 0.1) is 39.8 Å². The molecule has 10 fully saturated rings. The Morgan fingerprint density at radius 2 is 1.00 bits per heavy atom. The van der Waals surface area contributed by atoms with E-state index in [1.54, 1.807) is 52.4 Å². The van der Waals surface area contributed by atoms with Crippen LogP contribution in [0.15, 0.2) is 0 Å². The van der Waals surface area contributed by atoms with Crippen LogP contribution in [0.3, 0.4) is 0 Å². The van der Waals surface area contributed by atoms with E-state index >= 15 is 0 Å². The number of cyclic esters (lactones) is 1.